The summed E-state index contributed by atoms with van der Waals surface area (Å²) in [5.74, 6) is 0.477. The second-order valence-corrected chi connectivity index (χ2v) is 7.29. The number of carbonyl (C=O) groups is 2. The van der Waals surface area contributed by atoms with Crippen molar-refractivity contribution in [3.05, 3.63) is 59.9 Å². The fourth-order valence-electron chi connectivity index (χ4n) is 4.03. The molecule has 29 heavy (non-hydrogen) atoms. The third-order valence-electron chi connectivity index (χ3n) is 5.41. The van der Waals surface area contributed by atoms with Crippen molar-refractivity contribution in [2.75, 3.05) is 20.2 Å². The smallest absolute Gasteiger partial charge is 0.337 e. The first-order chi connectivity index (χ1) is 14.2. The normalized spacial score (nSPS) is 17.2. The molecule has 2 aromatic heterocycles. The van der Waals surface area contributed by atoms with Crippen molar-refractivity contribution < 1.29 is 14.3 Å². The number of nitrogens with zero attached hydrogens (tertiary/aromatic N) is 3. The highest BCUT2D eigenvalue weighted by Gasteiger charge is 2.21. The number of esters is 1. The number of piperidine rings is 1. The second kappa shape index (κ2) is 8.45. The number of ether oxygens (including phenoxy) is 1. The van der Waals surface area contributed by atoms with Gasteiger partial charge in [0.05, 0.1) is 18.2 Å². The predicted molar refractivity (Wildman–Crippen MR) is 110 cm³/mol. The second-order valence-electron chi connectivity index (χ2n) is 7.29. The van der Waals surface area contributed by atoms with Crippen LogP contribution in [-0.4, -0.2) is 53.1 Å². The number of aromatic nitrogens is 2. The number of hydrogen-bond acceptors (Lipinski definition) is 5. The first kappa shape index (κ1) is 19.1. The molecule has 7 nitrogen and oxygen atoms in total. The molecule has 1 aliphatic heterocycles. The summed E-state index contributed by atoms with van der Waals surface area (Å²) in [6.45, 7) is 2.52. The third kappa shape index (κ3) is 4.00. The number of nitrogens with one attached hydrogen (secondary N) is 1. The molecule has 1 N–H and O–H groups in total. The zero-order valence-corrected chi connectivity index (χ0v) is 16.4. The van der Waals surface area contributed by atoms with Gasteiger partial charge in [0.2, 0.25) is 6.41 Å². The maximum Gasteiger partial charge on any atom is 0.337 e. The van der Waals surface area contributed by atoms with Gasteiger partial charge in [-0.25, -0.2) is 9.78 Å². The number of pyridine rings is 1. The summed E-state index contributed by atoms with van der Waals surface area (Å²) in [6, 6.07) is 11.6. The van der Waals surface area contributed by atoms with Gasteiger partial charge in [-0.1, -0.05) is 6.07 Å². The molecule has 1 saturated heterocycles. The number of amides is 1. The highest BCUT2D eigenvalue weighted by atomic mass is 16.5. The number of rotatable bonds is 6. The maximum atomic E-state index is 12.1. The van der Waals surface area contributed by atoms with Crippen molar-refractivity contribution in [2.45, 2.75) is 25.4 Å². The van der Waals surface area contributed by atoms with Crippen LogP contribution in [0.1, 0.15) is 28.8 Å². The molecule has 3 aromatic rings. The Kier molecular flexibility index (Phi) is 5.57. The fraction of sp³-hybridized carbons (Fsp3) is 0.318. The van der Waals surface area contributed by atoms with Gasteiger partial charge in [0.15, 0.2) is 0 Å². The lowest BCUT2D eigenvalue weighted by Gasteiger charge is -2.32. The average molecular weight is 392 g/mol. The standard InChI is InChI=1S/C22H24N4O3/c1-29-22(28)16-7-8-20-19(11-16)17(13-26(20)21-6-2-3-9-23-21)12-25-10-4-5-18(14-25)24-15-27/h2-3,6-9,11,13,15,18H,4-5,10,12,14H2,1H3,(H,24,27). The Labute approximate surface area is 169 Å². The molecule has 1 aliphatic rings. The van der Waals surface area contributed by atoms with E-state index in [1.165, 1.54) is 7.11 Å². The van der Waals surface area contributed by atoms with Gasteiger partial charge in [0, 0.05) is 36.9 Å². The minimum absolute atomic E-state index is 0.177. The topological polar surface area (TPSA) is 76.5 Å². The van der Waals surface area contributed by atoms with Gasteiger partial charge in [0.25, 0.3) is 0 Å². The van der Waals surface area contributed by atoms with E-state index >= 15 is 0 Å². The molecule has 4 rings (SSSR count). The van der Waals surface area contributed by atoms with E-state index in [4.69, 9.17) is 4.74 Å². The predicted octanol–water partition coefficient (Wildman–Crippen LogP) is 2.52. The van der Waals surface area contributed by atoms with Crippen molar-refractivity contribution in [1.82, 2.24) is 19.8 Å². The Bertz CT molecular complexity index is 1020. The summed E-state index contributed by atoms with van der Waals surface area (Å²) in [6.07, 6.45) is 6.67. The lowest BCUT2D eigenvalue weighted by Crippen LogP contribution is -2.44. The molecule has 0 aliphatic carbocycles. The summed E-state index contributed by atoms with van der Waals surface area (Å²) >= 11 is 0. The van der Waals surface area contributed by atoms with Gasteiger partial charge < -0.3 is 14.6 Å². The van der Waals surface area contributed by atoms with Crippen molar-refractivity contribution in [3.63, 3.8) is 0 Å². The largest absolute Gasteiger partial charge is 0.465 e. The van der Waals surface area contributed by atoms with Crippen LogP contribution in [0.2, 0.25) is 0 Å². The molecule has 3 heterocycles. The molecule has 0 saturated carbocycles. The SMILES string of the molecule is COC(=O)c1ccc2c(c1)c(CN1CCCC(NC=O)C1)cn2-c1ccccn1. The Morgan fingerprint density at radius 2 is 2.24 bits per heavy atom. The van der Waals surface area contributed by atoms with Crippen LogP contribution in [0, 0.1) is 0 Å². The van der Waals surface area contributed by atoms with E-state index in [0.29, 0.717) is 5.56 Å². The maximum absolute atomic E-state index is 12.1. The zero-order chi connectivity index (χ0) is 20.2. The Morgan fingerprint density at radius 3 is 3.00 bits per heavy atom. The van der Waals surface area contributed by atoms with Crippen LogP contribution in [0.25, 0.3) is 16.7 Å². The Morgan fingerprint density at radius 1 is 1.34 bits per heavy atom. The van der Waals surface area contributed by atoms with E-state index in [2.05, 4.69) is 26.0 Å². The molecule has 0 radical (unpaired) electrons. The molecule has 1 unspecified atom stereocenters. The van der Waals surface area contributed by atoms with Crippen LogP contribution in [0.15, 0.2) is 48.8 Å². The van der Waals surface area contributed by atoms with Crippen LogP contribution in [0.5, 0.6) is 0 Å². The van der Waals surface area contributed by atoms with E-state index in [0.717, 1.165) is 61.2 Å². The minimum atomic E-state index is -0.350. The molecule has 0 bridgehead atoms. The van der Waals surface area contributed by atoms with Gasteiger partial charge in [-0.05, 0) is 55.3 Å². The third-order valence-corrected chi connectivity index (χ3v) is 5.41. The van der Waals surface area contributed by atoms with E-state index in [1.54, 1.807) is 12.3 Å². The summed E-state index contributed by atoms with van der Waals surface area (Å²) in [5, 5.41) is 3.91. The van der Waals surface area contributed by atoms with Gasteiger partial charge in [-0.3, -0.25) is 9.69 Å². The highest BCUT2D eigenvalue weighted by Crippen LogP contribution is 2.27. The van der Waals surface area contributed by atoms with E-state index in [1.807, 2.05) is 30.3 Å². The van der Waals surface area contributed by atoms with E-state index in [-0.39, 0.29) is 12.0 Å². The highest BCUT2D eigenvalue weighted by molar-refractivity contribution is 5.96. The number of fused-ring (bicyclic) bond motifs is 1. The Balaban J connectivity index is 1.73. The van der Waals surface area contributed by atoms with E-state index < -0.39 is 0 Å². The van der Waals surface area contributed by atoms with Crippen molar-refractivity contribution >= 4 is 23.3 Å². The number of likely N-dealkylation sites (tertiary alicyclic amines) is 1. The molecule has 1 fully saturated rings. The summed E-state index contributed by atoms with van der Waals surface area (Å²) in [5.41, 5.74) is 2.63. The lowest BCUT2D eigenvalue weighted by atomic mass is 10.0. The van der Waals surface area contributed by atoms with Gasteiger partial charge in [-0.2, -0.15) is 0 Å². The number of carbonyl (C=O) groups excluding carboxylic acids is 2. The lowest BCUT2D eigenvalue weighted by molar-refractivity contribution is -0.110. The Hall–Kier alpha value is -3.19. The monoisotopic (exact) mass is 392 g/mol. The van der Waals surface area contributed by atoms with Crippen LogP contribution >= 0.6 is 0 Å². The molecule has 1 aromatic carbocycles. The average Bonchev–Trinajstić information content (AvgIpc) is 3.12. The van der Waals surface area contributed by atoms with E-state index in [9.17, 15) is 9.59 Å². The fourth-order valence-corrected chi connectivity index (χ4v) is 4.03. The number of methoxy groups -OCH3 is 1. The minimum Gasteiger partial charge on any atom is -0.465 e. The van der Waals surface area contributed by atoms with Gasteiger partial charge in [-0.15, -0.1) is 0 Å². The molecule has 150 valence electrons. The van der Waals surface area contributed by atoms with Crippen LogP contribution in [0.3, 0.4) is 0 Å². The summed E-state index contributed by atoms with van der Waals surface area (Å²) < 4.78 is 6.95. The number of hydrogen-bond donors (Lipinski definition) is 1. The summed E-state index contributed by atoms with van der Waals surface area (Å²) in [4.78, 5) is 29.7. The van der Waals surface area contributed by atoms with Crippen molar-refractivity contribution in [2.24, 2.45) is 0 Å². The van der Waals surface area contributed by atoms with Crippen LogP contribution < -0.4 is 5.32 Å². The van der Waals surface area contributed by atoms with Crippen molar-refractivity contribution in [3.8, 4) is 5.82 Å². The van der Waals surface area contributed by atoms with Crippen LogP contribution in [0.4, 0.5) is 0 Å². The summed E-state index contributed by atoms with van der Waals surface area (Å²) in [7, 11) is 1.39. The first-order valence-corrected chi connectivity index (χ1v) is 9.75. The zero-order valence-electron chi connectivity index (χ0n) is 16.4. The molecular weight excluding hydrogens is 368 g/mol. The van der Waals surface area contributed by atoms with Crippen molar-refractivity contribution in [1.29, 1.82) is 0 Å². The quantitative estimate of drug-likeness (QED) is 0.515. The van der Waals surface area contributed by atoms with Gasteiger partial charge in [0.1, 0.15) is 5.82 Å². The first-order valence-electron chi connectivity index (χ1n) is 9.75. The number of benzene rings is 1. The van der Waals surface area contributed by atoms with Gasteiger partial charge >= 0.3 is 5.97 Å². The molecule has 1 amide bonds. The molecule has 7 heteroatoms. The molecular formula is C22H24N4O3. The molecule has 0 spiro atoms. The molecule has 1 atom stereocenters. The van der Waals surface area contributed by atoms with Crippen LogP contribution in [-0.2, 0) is 16.1 Å².